The topological polar surface area (TPSA) is 133 Å². The maximum atomic E-state index is 13.8. The molecule has 32 heavy (non-hydrogen) atoms. The third kappa shape index (κ3) is 4.56. The maximum absolute atomic E-state index is 13.8. The number of fused-ring (bicyclic) bond motifs is 1. The van der Waals surface area contributed by atoms with Gasteiger partial charge in [-0.25, -0.2) is 18.7 Å². The van der Waals surface area contributed by atoms with Crippen molar-refractivity contribution in [2.75, 3.05) is 18.5 Å². The summed E-state index contributed by atoms with van der Waals surface area (Å²) in [4.78, 5) is 27.9. The average molecular weight is 461 g/mol. The molecule has 4 rings (SSSR count). The molecule has 1 atom stereocenters. The Labute approximate surface area is 183 Å². The van der Waals surface area contributed by atoms with Gasteiger partial charge in [-0.05, 0) is 18.2 Å². The molecule has 12 heteroatoms. The maximum Gasteiger partial charge on any atom is 0.264 e. The third-order valence-corrected chi connectivity index (χ3v) is 5.15. The summed E-state index contributed by atoms with van der Waals surface area (Å²) in [6, 6.07) is 4.00. The van der Waals surface area contributed by atoms with E-state index >= 15 is 0 Å². The van der Waals surface area contributed by atoms with Gasteiger partial charge in [-0.3, -0.25) is 15.1 Å². The van der Waals surface area contributed by atoms with Crippen molar-refractivity contribution < 1.29 is 28.5 Å². The first-order valence-corrected chi connectivity index (χ1v) is 10.2. The van der Waals surface area contributed by atoms with Crippen molar-refractivity contribution in [2.45, 2.75) is 12.5 Å². The molecule has 4 N–H and O–H groups in total. The van der Waals surface area contributed by atoms with E-state index in [-0.39, 0.29) is 34.9 Å². The summed E-state index contributed by atoms with van der Waals surface area (Å²) < 4.78 is 32.8. The van der Waals surface area contributed by atoms with Crippen molar-refractivity contribution in [3.8, 4) is 17.1 Å². The molecule has 4 aromatic rings. The Morgan fingerprint density at radius 3 is 2.88 bits per heavy atom. The SMILES string of the molecule is O=C(Nc1nccs1)c1cncc2nc(-c3ccc(OCC(O)CO)cc3C(F)F)[nH]c12. The molecule has 3 heterocycles. The number of hydrogen-bond donors (Lipinski definition) is 4. The molecule has 166 valence electrons. The zero-order valence-electron chi connectivity index (χ0n) is 16.3. The molecular weight excluding hydrogens is 444 g/mol. The number of anilines is 1. The van der Waals surface area contributed by atoms with Crippen LogP contribution in [-0.2, 0) is 0 Å². The lowest BCUT2D eigenvalue weighted by atomic mass is 10.1. The second-order valence-electron chi connectivity index (χ2n) is 6.66. The number of benzene rings is 1. The van der Waals surface area contributed by atoms with Crippen LogP contribution < -0.4 is 10.1 Å². The minimum Gasteiger partial charge on any atom is -0.491 e. The van der Waals surface area contributed by atoms with Crippen molar-refractivity contribution in [3.05, 3.63) is 53.3 Å². The Balaban J connectivity index is 1.68. The highest BCUT2D eigenvalue weighted by atomic mass is 32.1. The molecule has 0 spiro atoms. The Morgan fingerprint density at radius 2 is 2.16 bits per heavy atom. The number of alkyl halides is 2. The summed E-state index contributed by atoms with van der Waals surface area (Å²) in [5.74, 6) is -0.222. The molecule has 9 nitrogen and oxygen atoms in total. The highest BCUT2D eigenvalue weighted by molar-refractivity contribution is 7.13. The quantitative estimate of drug-likeness (QED) is 0.317. The number of aromatic nitrogens is 4. The number of aliphatic hydroxyl groups is 2. The molecule has 1 aromatic carbocycles. The molecule has 0 aliphatic heterocycles. The zero-order chi connectivity index (χ0) is 22.7. The zero-order valence-corrected chi connectivity index (χ0v) is 17.1. The third-order valence-electron chi connectivity index (χ3n) is 4.47. The van der Waals surface area contributed by atoms with E-state index in [0.29, 0.717) is 16.2 Å². The van der Waals surface area contributed by atoms with E-state index in [1.165, 1.54) is 35.9 Å². The number of thiazole rings is 1. The van der Waals surface area contributed by atoms with E-state index in [0.717, 1.165) is 6.07 Å². The van der Waals surface area contributed by atoms with Crippen molar-refractivity contribution >= 4 is 33.4 Å². The molecule has 3 aromatic heterocycles. The average Bonchev–Trinajstić information content (AvgIpc) is 3.46. The number of rotatable bonds is 8. The minimum absolute atomic E-state index is 0.109. The number of imidazole rings is 1. The predicted octanol–water partition coefficient (Wildman–Crippen LogP) is 3.00. The van der Waals surface area contributed by atoms with Crippen LogP contribution in [0, 0.1) is 0 Å². The summed E-state index contributed by atoms with van der Waals surface area (Å²) in [5.41, 5.74) is 0.640. The van der Waals surface area contributed by atoms with Crippen LogP contribution in [0.4, 0.5) is 13.9 Å². The molecule has 1 amide bonds. The van der Waals surface area contributed by atoms with E-state index in [9.17, 15) is 18.7 Å². The normalized spacial score (nSPS) is 12.3. The number of hydrogen-bond acceptors (Lipinski definition) is 8. The van der Waals surface area contributed by atoms with E-state index in [4.69, 9.17) is 9.84 Å². The molecular formula is C20H17F2N5O4S. The molecule has 1 unspecified atom stereocenters. The second-order valence-corrected chi connectivity index (χ2v) is 7.55. The van der Waals surface area contributed by atoms with E-state index in [2.05, 4.69) is 25.3 Å². The summed E-state index contributed by atoms with van der Waals surface area (Å²) in [7, 11) is 0. The largest absolute Gasteiger partial charge is 0.491 e. The van der Waals surface area contributed by atoms with Crippen LogP contribution in [0.5, 0.6) is 5.75 Å². The highest BCUT2D eigenvalue weighted by Crippen LogP contribution is 2.34. The molecule has 0 saturated carbocycles. The number of aliphatic hydroxyl groups excluding tert-OH is 2. The van der Waals surface area contributed by atoms with Crippen molar-refractivity contribution in [2.24, 2.45) is 0 Å². The first kappa shape index (κ1) is 21.7. The lowest BCUT2D eigenvalue weighted by Crippen LogP contribution is -2.21. The fourth-order valence-corrected chi connectivity index (χ4v) is 3.48. The number of carbonyl (C=O) groups excluding carboxylic acids is 1. The number of nitrogens with one attached hydrogen (secondary N) is 2. The summed E-state index contributed by atoms with van der Waals surface area (Å²) in [6.45, 7) is -0.752. The Bertz CT molecular complexity index is 1230. The number of halogens is 2. The van der Waals surface area contributed by atoms with Gasteiger partial charge in [0.2, 0.25) is 0 Å². The smallest absolute Gasteiger partial charge is 0.264 e. The lowest BCUT2D eigenvalue weighted by molar-refractivity contribution is 0.0534. The van der Waals surface area contributed by atoms with Gasteiger partial charge in [0.05, 0.1) is 23.9 Å². The number of aromatic amines is 1. The van der Waals surface area contributed by atoms with E-state index in [1.54, 1.807) is 11.6 Å². The summed E-state index contributed by atoms with van der Waals surface area (Å²) >= 11 is 1.25. The molecule has 0 fully saturated rings. The second kappa shape index (κ2) is 9.34. The molecule has 0 radical (unpaired) electrons. The van der Waals surface area contributed by atoms with Crippen LogP contribution in [0.15, 0.2) is 42.2 Å². The van der Waals surface area contributed by atoms with E-state index < -0.39 is 25.0 Å². The van der Waals surface area contributed by atoms with Gasteiger partial charge in [-0.1, -0.05) is 0 Å². The van der Waals surface area contributed by atoms with E-state index in [1.807, 2.05) is 0 Å². The summed E-state index contributed by atoms with van der Waals surface area (Å²) in [6.07, 6.45) is 0.365. The van der Waals surface area contributed by atoms with Crippen LogP contribution in [0.3, 0.4) is 0 Å². The first-order chi connectivity index (χ1) is 15.5. The van der Waals surface area contributed by atoms with Gasteiger partial charge in [-0.15, -0.1) is 11.3 Å². The fourth-order valence-electron chi connectivity index (χ4n) is 2.95. The number of H-pyrrole nitrogens is 1. The lowest BCUT2D eigenvalue weighted by Gasteiger charge is -2.13. The summed E-state index contributed by atoms with van der Waals surface area (Å²) in [5, 5.41) is 23.0. The first-order valence-electron chi connectivity index (χ1n) is 9.35. The molecule has 0 aliphatic rings. The number of ether oxygens (including phenoxy) is 1. The Kier molecular flexibility index (Phi) is 6.35. The fraction of sp³-hybridized carbons (Fsp3) is 0.200. The van der Waals surface area contributed by atoms with Crippen LogP contribution in [0.2, 0.25) is 0 Å². The van der Waals surface area contributed by atoms with Crippen LogP contribution in [0.1, 0.15) is 22.3 Å². The number of carbonyl (C=O) groups is 1. The highest BCUT2D eigenvalue weighted by Gasteiger charge is 2.21. The Hall–Kier alpha value is -3.48. The minimum atomic E-state index is -2.84. The van der Waals surface area contributed by atoms with Crippen molar-refractivity contribution in [1.82, 2.24) is 19.9 Å². The van der Waals surface area contributed by atoms with Gasteiger partial charge in [0, 0.05) is 28.9 Å². The monoisotopic (exact) mass is 461 g/mol. The predicted molar refractivity (Wildman–Crippen MR) is 113 cm³/mol. The van der Waals surface area contributed by atoms with Gasteiger partial charge in [0.25, 0.3) is 12.3 Å². The van der Waals surface area contributed by atoms with Gasteiger partial charge in [-0.2, -0.15) is 0 Å². The molecule has 0 bridgehead atoms. The number of nitrogens with zero attached hydrogens (tertiary/aromatic N) is 3. The van der Waals surface area contributed by atoms with Gasteiger partial charge in [0.15, 0.2) is 5.13 Å². The standard InChI is InChI=1S/C20H17F2N5O4S/c21-17(22)13-5-11(31-9-10(29)8-28)1-2-12(13)18-25-15-7-23-6-14(16(15)26-18)19(30)27-20-24-3-4-32-20/h1-7,10,17,28-29H,8-9H2,(H,25,26)(H,24,27,30). The molecule has 0 aliphatic carbocycles. The van der Waals surface area contributed by atoms with Crippen molar-refractivity contribution in [1.29, 1.82) is 0 Å². The number of pyridine rings is 1. The molecule has 0 saturated heterocycles. The van der Waals surface area contributed by atoms with Gasteiger partial charge < -0.3 is 19.9 Å². The van der Waals surface area contributed by atoms with Crippen LogP contribution in [0.25, 0.3) is 22.4 Å². The van der Waals surface area contributed by atoms with Gasteiger partial charge >= 0.3 is 0 Å². The van der Waals surface area contributed by atoms with Crippen LogP contribution >= 0.6 is 11.3 Å². The van der Waals surface area contributed by atoms with Gasteiger partial charge in [0.1, 0.15) is 29.8 Å². The number of amides is 1. The van der Waals surface area contributed by atoms with Crippen molar-refractivity contribution in [3.63, 3.8) is 0 Å². The Morgan fingerprint density at radius 1 is 1.31 bits per heavy atom. The van der Waals surface area contributed by atoms with Crippen LogP contribution in [-0.4, -0.2) is 55.4 Å².